The Kier molecular flexibility index (Phi) is 12.9. The van der Waals surface area contributed by atoms with E-state index in [1.54, 1.807) is 7.11 Å². The molecule has 85 valence electrons. The molecule has 0 aromatic carbocycles. The lowest BCUT2D eigenvalue weighted by Gasteiger charge is -2.01. The fraction of sp³-hybridized carbons (Fsp3) is 0.923. The van der Waals surface area contributed by atoms with Crippen molar-refractivity contribution in [1.82, 2.24) is 0 Å². The molecular formula is C13H27O. The van der Waals surface area contributed by atoms with E-state index in [4.69, 9.17) is 4.74 Å². The van der Waals surface area contributed by atoms with Gasteiger partial charge in [-0.1, -0.05) is 64.7 Å². The quantitative estimate of drug-likeness (QED) is 0.449. The Labute approximate surface area is 90.2 Å². The van der Waals surface area contributed by atoms with Crippen LogP contribution in [0.25, 0.3) is 0 Å². The van der Waals surface area contributed by atoms with E-state index >= 15 is 0 Å². The predicted molar refractivity (Wildman–Crippen MR) is 63.4 cm³/mol. The van der Waals surface area contributed by atoms with Gasteiger partial charge in [-0.3, -0.25) is 0 Å². The van der Waals surface area contributed by atoms with Gasteiger partial charge in [0.1, 0.15) is 0 Å². The summed E-state index contributed by atoms with van der Waals surface area (Å²) in [6.07, 6.45) is 13.4. The third kappa shape index (κ3) is 12.0. The van der Waals surface area contributed by atoms with Gasteiger partial charge in [0.25, 0.3) is 0 Å². The van der Waals surface area contributed by atoms with Crippen LogP contribution in [0.1, 0.15) is 64.2 Å². The van der Waals surface area contributed by atoms with E-state index in [1.807, 2.05) is 0 Å². The number of hydrogen-bond acceptors (Lipinski definition) is 1. The maximum absolute atomic E-state index is 5.01. The molecule has 0 saturated carbocycles. The van der Waals surface area contributed by atoms with Crippen molar-refractivity contribution in [2.75, 3.05) is 13.7 Å². The monoisotopic (exact) mass is 199 g/mol. The summed E-state index contributed by atoms with van der Waals surface area (Å²) in [5.41, 5.74) is 0. The SMILES string of the molecule is [CH2]CCCCCCCCCCCOC. The Bertz CT molecular complexity index is 79.2. The first-order valence-corrected chi connectivity index (χ1v) is 6.20. The first-order chi connectivity index (χ1) is 6.91. The van der Waals surface area contributed by atoms with Crippen molar-refractivity contribution in [3.63, 3.8) is 0 Å². The highest BCUT2D eigenvalue weighted by atomic mass is 16.5. The molecule has 0 aliphatic carbocycles. The fourth-order valence-electron chi connectivity index (χ4n) is 1.66. The Morgan fingerprint density at radius 2 is 1.14 bits per heavy atom. The van der Waals surface area contributed by atoms with Gasteiger partial charge in [0.05, 0.1) is 0 Å². The molecule has 14 heavy (non-hydrogen) atoms. The van der Waals surface area contributed by atoms with Gasteiger partial charge in [-0.15, -0.1) is 0 Å². The molecule has 0 spiro atoms. The third-order valence-electron chi connectivity index (χ3n) is 2.60. The van der Waals surface area contributed by atoms with Crippen molar-refractivity contribution in [2.24, 2.45) is 0 Å². The Morgan fingerprint density at radius 3 is 1.57 bits per heavy atom. The highest BCUT2D eigenvalue weighted by Gasteiger charge is 1.91. The molecule has 0 aliphatic heterocycles. The molecule has 0 bridgehead atoms. The van der Waals surface area contributed by atoms with Crippen LogP contribution in [0.4, 0.5) is 0 Å². The first-order valence-electron chi connectivity index (χ1n) is 6.20. The van der Waals surface area contributed by atoms with Gasteiger partial charge in [0.15, 0.2) is 0 Å². The van der Waals surface area contributed by atoms with Gasteiger partial charge >= 0.3 is 0 Å². The van der Waals surface area contributed by atoms with Crippen molar-refractivity contribution < 1.29 is 4.74 Å². The molecule has 0 aromatic rings. The van der Waals surface area contributed by atoms with Crippen LogP contribution in [0.15, 0.2) is 0 Å². The van der Waals surface area contributed by atoms with Crippen molar-refractivity contribution in [3.05, 3.63) is 6.92 Å². The van der Waals surface area contributed by atoms with Crippen molar-refractivity contribution in [3.8, 4) is 0 Å². The molecule has 1 nitrogen and oxygen atoms in total. The standard InChI is InChI=1S/C13H27O/c1-3-4-5-6-7-8-9-10-11-12-13-14-2/h1,3-13H2,2H3. The first kappa shape index (κ1) is 14.0. The van der Waals surface area contributed by atoms with Crippen LogP contribution in [0, 0.1) is 6.92 Å². The normalized spacial score (nSPS) is 10.7. The second-order valence-corrected chi connectivity index (χ2v) is 4.03. The average molecular weight is 199 g/mol. The van der Waals surface area contributed by atoms with Crippen molar-refractivity contribution in [1.29, 1.82) is 0 Å². The van der Waals surface area contributed by atoms with Crippen LogP contribution in [0.2, 0.25) is 0 Å². The molecular weight excluding hydrogens is 172 g/mol. The van der Waals surface area contributed by atoms with E-state index in [1.165, 1.54) is 57.8 Å². The maximum Gasteiger partial charge on any atom is 0.0462 e. The van der Waals surface area contributed by atoms with Gasteiger partial charge in [-0.05, 0) is 6.42 Å². The van der Waals surface area contributed by atoms with E-state index in [-0.39, 0.29) is 0 Å². The molecule has 1 heteroatoms. The van der Waals surface area contributed by atoms with Crippen LogP contribution in [-0.4, -0.2) is 13.7 Å². The summed E-state index contributed by atoms with van der Waals surface area (Å²) in [4.78, 5) is 0. The molecule has 0 fully saturated rings. The molecule has 0 aromatic heterocycles. The van der Waals surface area contributed by atoms with Crippen LogP contribution < -0.4 is 0 Å². The van der Waals surface area contributed by atoms with E-state index in [2.05, 4.69) is 6.92 Å². The summed E-state index contributed by atoms with van der Waals surface area (Å²) in [5.74, 6) is 0. The zero-order valence-electron chi connectivity index (χ0n) is 9.89. The summed E-state index contributed by atoms with van der Waals surface area (Å²) in [6.45, 7) is 4.78. The minimum atomic E-state index is 0.934. The summed E-state index contributed by atoms with van der Waals surface area (Å²) >= 11 is 0. The Balaban J connectivity index is 2.78. The number of rotatable bonds is 11. The highest BCUT2D eigenvalue weighted by molar-refractivity contribution is 4.48. The molecule has 0 heterocycles. The minimum Gasteiger partial charge on any atom is -0.385 e. The Hall–Kier alpha value is -0.0400. The van der Waals surface area contributed by atoms with Crippen molar-refractivity contribution in [2.45, 2.75) is 64.2 Å². The lowest BCUT2D eigenvalue weighted by molar-refractivity contribution is 0.192. The number of hydrogen-bond donors (Lipinski definition) is 0. The lowest BCUT2D eigenvalue weighted by atomic mass is 10.1. The smallest absolute Gasteiger partial charge is 0.0462 e. The fourth-order valence-corrected chi connectivity index (χ4v) is 1.66. The van der Waals surface area contributed by atoms with Crippen molar-refractivity contribution >= 4 is 0 Å². The van der Waals surface area contributed by atoms with E-state index in [9.17, 15) is 0 Å². The summed E-state index contributed by atoms with van der Waals surface area (Å²) < 4.78 is 5.01. The maximum atomic E-state index is 5.01. The molecule has 0 aliphatic rings. The van der Waals surface area contributed by atoms with Gasteiger partial charge in [0.2, 0.25) is 0 Å². The molecule has 0 atom stereocenters. The number of unbranched alkanes of at least 4 members (excludes halogenated alkanes) is 9. The molecule has 0 rings (SSSR count). The van der Waals surface area contributed by atoms with E-state index < -0.39 is 0 Å². The minimum absolute atomic E-state index is 0.934. The molecule has 1 radical (unpaired) electrons. The zero-order chi connectivity index (χ0) is 10.5. The summed E-state index contributed by atoms with van der Waals surface area (Å²) in [5, 5.41) is 0. The third-order valence-corrected chi connectivity index (χ3v) is 2.60. The second-order valence-electron chi connectivity index (χ2n) is 4.03. The molecule has 0 N–H and O–H groups in total. The van der Waals surface area contributed by atoms with Gasteiger partial charge in [0, 0.05) is 13.7 Å². The lowest BCUT2D eigenvalue weighted by Crippen LogP contribution is -1.88. The van der Waals surface area contributed by atoms with Crippen LogP contribution >= 0.6 is 0 Å². The highest BCUT2D eigenvalue weighted by Crippen LogP contribution is 2.10. The summed E-state index contributed by atoms with van der Waals surface area (Å²) in [6, 6.07) is 0. The molecule has 0 saturated heterocycles. The van der Waals surface area contributed by atoms with Gasteiger partial charge in [-0.2, -0.15) is 0 Å². The van der Waals surface area contributed by atoms with Crippen LogP contribution in [0.3, 0.4) is 0 Å². The summed E-state index contributed by atoms with van der Waals surface area (Å²) in [7, 11) is 1.78. The average Bonchev–Trinajstić information content (AvgIpc) is 2.21. The number of ether oxygens (including phenoxy) is 1. The predicted octanol–water partition coefficient (Wildman–Crippen LogP) is 4.37. The number of methoxy groups -OCH3 is 1. The molecule has 0 amide bonds. The molecule has 0 unspecified atom stereocenters. The van der Waals surface area contributed by atoms with Gasteiger partial charge in [-0.25, -0.2) is 0 Å². The zero-order valence-corrected chi connectivity index (χ0v) is 9.89. The van der Waals surface area contributed by atoms with E-state index in [0.717, 1.165) is 13.0 Å². The van der Waals surface area contributed by atoms with E-state index in [0.29, 0.717) is 0 Å². The Morgan fingerprint density at radius 1 is 0.714 bits per heavy atom. The largest absolute Gasteiger partial charge is 0.385 e. The van der Waals surface area contributed by atoms with Crippen LogP contribution in [-0.2, 0) is 4.74 Å². The van der Waals surface area contributed by atoms with Crippen LogP contribution in [0.5, 0.6) is 0 Å². The van der Waals surface area contributed by atoms with Gasteiger partial charge < -0.3 is 4.74 Å². The topological polar surface area (TPSA) is 9.23 Å². The second kappa shape index (κ2) is 13.0.